The molecule has 1 aliphatic rings. The maximum absolute atomic E-state index is 12.0. The summed E-state index contributed by atoms with van der Waals surface area (Å²) in [6.45, 7) is 4.60. The first-order valence-corrected chi connectivity index (χ1v) is 7.70. The molecule has 0 aliphatic carbocycles. The number of nitrogens with one attached hydrogen (secondary N) is 1. The smallest absolute Gasteiger partial charge is 0.220 e. The van der Waals surface area contributed by atoms with Crippen LogP contribution in [-0.4, -0.2) is 30.3 Å². The van der Waals surface area contributed by atoms with Crippen molar-refractivity contribution in [3.8, 4) is 11.5 Å². The van der Waals surface area contributed by atoms with Crippen molar-refractivity contribution in [2.75, 3.05) is 13.2 Å². The van der Waals surface area contributed by atoms with Gasteiger partial charge < -0.3 is 19.3 Å². The SMILES string of the molecule is Cc1noc(C)c1CCC(=O)NCC1COc2ccccc2O1. The van der Waals surface area contributed by atoms with Gasteiger partial charge in [0.2, 0.25) is 5.91 Å². The van der Waals surface area contributed by atoms with Crippen LogP contribution >= 0.6 is 0 Å². The Hall–Kier alpha value is -2.50. The van der Waals surface area contributed by atoms with Crippen LogP contribution in [0.1, 0.15) is 23.4 Å². The van der Waals surface area contributed by atoms with Crippen LogP contribution in [0.2, 0.25) is 0 Å². The summed E-state index contributed by atoms with van der Waals surface area (Å²) in [6, 6.07) is 7.53. The first-order valence-electron chi connectivity index (χ1n) is 7.70. The molecule has 0 fully saturated rings. The van der Waals surface area contributed by atoms with E-state index in [9.17, 15) is 4.79 Å². The number of hydrogen-bond acceptors (Lipinski definition) is 5. The Balaban J connectivity index is 1.45. The van der Waals surface area contributed by atoms with E-state index in [4.69, 9.17) is 14.0 Å². The molecule has 6 heteroatoms. The summed E-state index contributed by atoms with van der Waals surface area (Å²) in [7, 11) is 0. The van der Waals surface area contributed by atoms with Gasteiger partial charge in [-0.2, -0.15) is 0 Å². The minimum Gasteiger partial charge on any atom is -0.486 e. The Morgan fingerprint density at radius 2 is 2.09 bits per heavy atom. The zero-order chi connectivity index (χ0) is 16.2. The summed E-state index contributed by atoms with van der Waals surface area (Å²) in [6.07, 6.45) is 0.846. The van der Waals surface area contributed by atoms with Gasteiger partial charge >= 0.3 is 0 Å². The third-order valence-electron chi connectivity index (χ3n) is 3.88. The molecule has 3 rings (SSSR count). The van der Waals surface area contributed by atoms with Gasteiger partial charge in [0.05, 0.1) is 12.2 Å². The number of aromatic nitrogens is 1. The number of carbonyl (C=O) groups is 1. The molecule has 1 aromatic carbocycles. The number of nitrogens with zero attached hydrogens (tertiary/aromatic N) is 1. The first-order chi connectivity index (χ1) is 11.1. The maximum Gasteiger partial charge on any atom is 0.220 e. The zero-order valence-electron chi connectivity index (χ0n) is 13.3. The number of para-hydroxylation sites is 2. The number of carbonyl (C=O) groups excluding carboxylic acids is 1. The highest BCUT2D eigenvalue weighted by molar-refractivity contribution is 5.76. The van der Waals surface area contributed by atoms with Crippen molar-refractivity contribution in [3.05, 3.63) is 41.3 Å². The molecular weight excluding hydrogens is 296 g/mol. The lowest BCUT2D eigenvalue weighted by molar-refractivity contribution is -0.121. The quantitative estimate of drug-likeness (QED) is 0.915. The van der Waals surface area contributed by atoms with Crippen LogP contribution in [-0.2, 0) is 11.2 Å². The van der Waals surface area contributed by atoms with E-state index in [-0.39, 0.29) is 12.0 Å². The second kappa shape index (κ2) is 6.73. The average molecular weight is 316 g/mol. The van der Waals surface area contributed by atoms with E-state index in [1.165, 1.54) is 0 Å². The fourth-order valence-electron chi connectivity index (χ4n) is 2.58. The van der Waals surface area contributed by atoms with Crippen LogP contribution in [0.5, 0.6) is 11.5 Å². The third kappa shape index (κ3) is 3.64. The topological polar surface area (TPSA) is 73.6 Å². The molecule has 122 valence electrons. The molecule has 2 aromatic rings. The summed E-state index contributed by atoms with van der Waals surface area (Å²) in [4.78, 5) is 12.0. The predicted octanol–water partition coefficient (Wildman–Crippen LogP) is 2.18. The van der Waals surface area contributed by atoms with Crippen LogP contribution in [0.3, 0.4) is 0 Å². The van der Waals surface area contributed by atoms with Crippen molar-refractivity contribution >= 4 is 5.91 Å². The van der Waals surface area contributed by atoms with E-state index < -0.39 is 0 Å². The average Bonchev–Trinajstić information content (AvgIpc) is 2.89. The first kappa shape index (κ1) is 15.4. The Morgan fingerprint density at radius 1 is 1.30 bits per heavy atom. The molecule has 1 unspecified atom stereocenters. The van der Waals surface area contributed by atoms with Crippen LogP contribution in [0.4, 0.5) is 0 Å². The lowest BCUT2D eigenvalue weighted by Crippen LogP contribution is -2.40. The van der Waals surface area contributed by atoms with Crippen molar-refractivity contribution in [3.63, 3.8) is 0 Å². The number of benzene rings is 1. The number of fused-ring (bicyclic) bond motifs is 1. The fourth-order valence-corrected chi connectivity index (χ4v) is 2.58. The van der Waals surface area contributed by atoms with E-state index in [0.29, 0.717) is 31.7 Å². The molecule has 0 bridgehead atoms. The predicted molar refractivity (Wildman–Crippen MR) is 83.7 cm³/mol. The molecule has 1 N–H and O–H groups in total. The van der Waals surface area contributed by atoms with Crippen LogP contribution in [0.15, 0.2) is 28.8 Å². The molecule has 0 saturated heterocycles. The second-order valence-electron chi connectivity index (χ2n) is 5.60. The summed E-state index contributed by atoms with van der Waals surface area (Å²) in [5.74, 6) is 2.21. The van der Waals surface area contributed by atoms with Crippen LogP contribution in [0.25, 0.3) is 0 Å². The van der Waals surface area contributed by atoms with Crippen LogP contribution < -0.4 is 14.8 Å². The molecule has 0 saturated carbocycles. The van der Waals surface area contributed by atoms with Gasteiger partial charge in [-0.1, -0.05) is 17.3 Å². The fraction of sp³-hybridized carbons (Fsp3) is 0.412. The van der Waals surface area contributed by atoms with Gasteiger partial charge in [-0.15, -0.1) is 0 Å². The van der Waals surface area contributed by atoms with Crippen LogP contribution in [0, 0.1) is 13.8 Å². The number of aryl methyl sites for hydroxylation is 2. The Bertz CT molecular complexity index is 676. The Labute approximate surface area is 134 Å². The summed E-state index contributed by atoms with van der Waals surface area (Å²) < 4.78 is 16.5. The number of ether oxygens (including phenoxy) is 2. The van der Waals surface area contributed by atoms with Gasteiger partial charge in [-0.25, -0.2) is 0 Å². The minimum atomic E-state index is -0.173. The minimum absolute atomic E-state index is 0.0209. The highest BCUT2D eigenvalue weighted by Crippen LogP contribution is 2.30. The van der Waals surface area contributed by atoms with E-state index in [1.54, 1.807) is 0 Å². The van der Waals surface area contributed by atoms with Crippen molar-refractivity contribution < 1.29 is 18.8 Å². The molecular formula is C17H20N2O4. The van der Waals surface area contributed by atoms with Gasteiger partial charge in [0.15, 0.2) is 11.5 Å². The molecule has 1 atom stereocenters. The lowest BCUT2D eigenvalue weighted by atomic mass is 10.1. The van der Waals surface area contributed by atoms with Crippen molar-refractivity contribution in [1.82, 2.24) is 10.5 Å². The van der Waals surface area contributed by atoms with Gasteiger partial charge in [-0.3, -0.25) is 4.79 Å². The van der Waals surface area contributed by atoms with Gasteiger partial charge in [0.25, 0.3) is 0 Å². The summed E-state index contributed by atoms with van der Waals surface area (Å²) >= 11 is 0. The monoisotopic (exact) mass is 316 g/mol. The lowest BCUT2D eigenvalue weighted by Gasteiger charge is -2.26. The Kier molecular flexibility index (Phi) is 4.50. The van der Waals surface area contributed by atoms with E-state index in [2.05, 4.69) is 10.5 Å². The molecule has 1 amide bonds. The van der Waals surface area contributed by atoms with E-state index >= 15 is 0 Å². The highest BCUT2D eigenvalue weighted by atomic mass is 16.6. The van der Waals surface area contributed by atoms with E-state index in [1.807, 2.05) is 38.1 Å². The number of amides is 1. The highest BCUT2D eigenvalue weighted by Gasteiger charge is 2.21. The van der Waals surface area contributed by atoms with Gasteiger partial charge in [0, 0.05) is 12.0 Å². The molecule has 6 nitrogen and oxygen atoms in total. The third-order valence-corrected chi connectivity index (χ3v) is 3.88. The van der Waals surface area contributed by atoms with Gasteiger partial charge in [-0.05, 0) is 32.4 Å². The zero-order valence-corrected chi connectivity index (χ0v) is 13.3. The molecule has 2 heterocycles. The van der Waals surface area contributed by atoms with Gasteiger partial charge in [0.1, 0.15) is 18.5 Å². The van der Waals surface area contributed by atoms with Crippen molar-refractivity contribution in [2.24, 2.45) is 0 Å². The Morgan fingerprint density at radius 3 is 2.83 bits per heavy atom. The molecule has 1 aromatic heterocycles. The number of rotatable bonds is 5. The second-order valence-corrected chi connectivity index (χ2v) is 5.60. The standard InChI is InChI=1S/C17H20N2O4/c1-11-14(12(2)23-19-11)7-8-17(20)18-9-13-10-21-15-5-3-4-6-16(15)22-13/h3-6,13H,7-10H2,1-2H3,(H,18,20). The van der Waals surface area contributed by atoms with Crippen molar-refractivity contribution in [1.29, 1.82) is 0 Å². The normalized spacial score (nSPS) is 16.2. The largest absolute Gasteiger partial charge is 0.486 e. The molecule has 0 spiro atoms. The molecule has 1 aliphatic heterocycles. The van der Waals surface area contributed by atoms with Crippen molar-refractivity contribution in [2.45, 2.75) is 32.8 Å². The molecule has 23 heavy (non-hydrogen) atoms. The maximum atomic E-state index is 12.0. The summed E-state index contributed by atoms with van der Waals surface area (Å²) in [5.41, 5.74) is 1.85. The van der Waals surface area contributed by atoms with E-state index in [0.717, 1.165) is 22.8 Å². The summed E-state index contributed by atoms with van der Waals surface area (Å²) in [5, 5.41) is 6.78. The molecule has 0 radical (unpaired) electrons. The number of hydrogen-bond donors (Lipinski definition) is 1.